The molecule has 5 rings (SSSR count). The molecule has 0 spiro atoms. The topological polar surface area (TPSA) is 134 Å². The van der Waals surface area contributed by atoms with Crippen molar-refractivity contribution in [2.24, 2.45) is 22.7 Å². The maximum absolute atomic E-state index is 13.3. The molecule has 2 aromatic rings. The quantitative estimate of drug-likeness (QED) is 0.219. The van der Waals surface area contributed by atoms with E-state index in [2.05, 4.69) is 0 Å². The average Bonchev–Trinajstić information content (AvgIpc) is 3.03. The monoisotopic (exact) mass is 634 g/mol. The Hall–Kier alpha value is -3.68. The molecule has 8 nitrogen and oxygen atoms in total. The third kappa shape index (κ3) is 5.12. The number of carboxylic acids is 2. The van der Waals surface area contributed by atoms with E-state index in [9.17, 15) is 30.0 Å². The molecule has 4 N–H and O–H groups in total. The number of hydrogen-bond acceptors (Lipinski definition) is 6. The minimum absolute atomic E-state index is 0.0352. The molecule has 2 heterocycles. The highest BCUT2D eigenvalue weighted by Gasteiger charge is 2.61. The van der Waals surface area contributed by atoms with Crippen LogP contribution in [0.25, 0.3) is 0 Å². The van der Waals surface area contributed by atoms with Crippen molar-refractivity contribution >= 4 is 11.9 Å². The van der Waals surface area contributed by atoms with E-state index in [1.807, 2.05) is 67.5 Å². The number of phenols is 2. The van der Waals surface area contributed by atoms with Gasteiger partial charge in [-0.15, -0.1) is 0 Å². The van der Waals surface area contributed by atoms with Crippen LogP contribution in [0.2, 0.25) is 0 Å². The molecule has 250 valence electrons. The van der Waals surface area contributed by atoms with Gasteiger partial charge in [-0.05, 0) is 152 Å². The van der Waals surface area contributed by atoms with Crippen molar-refractivity contribution in [3.05, 3.63) is 56.7 Å². The van der Waals surface area contributed by atoms with Crippen molar-refractivity contribution in [1.82, 2.24) is 0 Å². The molecule has 0 saturated carbocycles. The highest BCUT2D eigenvalue weighted by Crippen LogP contribution is 2.57. The van der Waals surface area contributed by atoms with Crippen LogP contribution in [0.1, 0.15) is 96.9 Å². The van der Waals surface area contributed by atoms with Crippen LogP contribution in [0.5, 0.6) is 23.0 Å². The number of ether oxygens (including phenoxy) is 2. The van der Waals surface area contributed by atoms with E-state index in [0.29, 0.717) is 25.7 Å². The van der Waals surface area contributed by atoms with Gasteiger partial charge in [-0.3, -0.25) is 9.59 Å². The van der Waals surface area contributed by atoms with Crippen LogP contribution in [0.4, 0.5) is 0 Å². The van der Waals surface area contributed by atoms with E-state index in [0.717, 1.165) is 56.0 Å². The van der Waals surface area contributed by atoms with Crippen LogP contribution in [-0.2, 0) is 22.4 Å². The maximum Gasteiger partial charge on any atom is 0.311 e. The second kappa shape index (κ2) is 12.2. The Morgan fingerprint density at radius 3 is 1.33 bits per heavy atom. The summed E-state index contributed by atoms with van der Waals surface area (Å²) < 4.78 is 12.8. The van der Waals surface area contributed by atoms with E-state index < -0.39 is 22.8 Å². The van der Waals surface area contributed by atoms with Crippen LogP contribution >= 0.6 is 0 Å². The molecule has 0 fully saturated rings. The molecule has 0 radical (unpaired) electrons. The Morgan fingerprint density at radius 2 is 1.00 bits per heavy atom. The second-order valence-electron chi connectivity index (χ2n) is 14.4. The van der Waals surface area contributed by atoms with Crippen LogP contribution in [0.15, 0.2) is 12.2 Å². The minimum Gasteiger partial charge on any atom is -0.507 e. The zero-order chi connectivity index (χ0) is 33.9. The van der Waals surface area contributed by atoms with Gasteiger partial charge in [0.1, 0.15) is 23.0 Å². The Balaban J connectivity index is 1.43. The van der Waals surface area contributed by atoms with Crippen LogP contribution < -0.4 is 9.47 Å². The lowest BCUT2D eigenvalue weighted by molar-refractivity contribution is -0.178. The SMILES string of the molecule is Cc1c(C)c2c(c(C)c1O)CC(CCC1(C(=O)O)CC=CCC1(CCC1Cc3c(C)c(O)c(C)c(C)c3OC1C)C(=O)O)C(C)O2. The van der Waals surface area contributed by atoms with Gasteiger partial charge in [-0.2, -0.15) is 0 Å². The summed E-state index contributed by atoms with van der Waals surface area (Å²) in [7, 11) is 0. The molecule has 6 unspecified atom stereocenters. The molecule has 2 aromatic carbocycles. The van der Waals surface area contributed by atoms with Crippen molar-refractivity contribution in [2.75, 3.05) is 0 Å². The van der Waals surface area contributed by atoms with E-state index in [1.165, 1.54) is 0 Å². The van der Waals surface area contributed by atoms with Gasteiger partial charge in [0.2, 0.25) is 0 Å². The predicted molar refractivity (Wildman–Crippen MR) is 176 cm³/mol. The first-order chi connectivity index (χ1) is 21.6. The second-order valence-corrected chi connectivity index (χ2v) is 14.4. The number of phenolic OH excluding ortho intramolecular Hbond substituents is 2. The molecule has 0 bridgehead atoms. The summed E-state index contributed by atoms with van der Waals surface area (Å²) in [5.41, 5.74) is 3.87. The highest BCUT2D eigenvalue weighted by atomic mass is 16.5. The van der Waals surface area contributed by atoms with Crippen LogP contribution in [-0.4, -0.2) is 44.6 Å². The van der Waals surface area contributed by atoms with E-state index >= 15 is 0 Å². The number of aromatic hydroxyl groups is 2. The number of hydrogen-bond donors (Lipinski definition) is 4. The van der Waals surface area contributed by atoms with Gasteiger partial charge < -0.3 is 29.9 Å². The number of benzene rings is 2. The molecule has 1 aliphatic carbocycles. The number of carbonyl (C=O) groups is 2. The Bertz CT molecular complexity index is 1490. The molecule has 0 amide bonds. The van der Waals surface area contributed by atoms with Gasteiger partial charge in [0.25, 0.3) is 0 Å². The van der Waals surface area contributed by atoms with Crippen LogP contribution in [0.3, 0.4) is 0 Å². The standard InChI is InChI=1S/C38H50O8/c1-19-21(3)33-29(23(5)31(19)39)17-27(25(7)45-33)11-15-37(35(41)42)13-9-10-14-38(37,36(43)44)16-12-28-18-30-24(6)32(40)20(2)22(4)34(30)46-26(28)8/h9-10,25-28,39-40H,11-18H2,1-8H3,(H,41,42)(H,43,44). The normalized spacial score (nSPS) is 28.5. The molecule has 0 saturated heterocycles. The number of carboxylic acid groups (broad SMARTS) is 2. The van der Waals surface area contributed by atoms with Gasteiger partial charge in [-0.25, -0.2) is 0 Å². The van der Waals surface area contributed by atoms with Crippen molar-refractivity contribution in [1.29, 1.82) is 0 Å². The fourth-order valence-corrected chi connectivity index (χ4v) is 8.55. The first-order valence-electron chi connectivity index (χ1n) is 16.7. The van der Waals surface area contributed by atoms with Crippen molar-refractivity contribution < 1.29 is 39.5 Å². The van der Waals surface area contributed by atoms with Gasteiger partial charge in [0.05, 0.1) is 23.0 Å². The lowest BCUT2D eigenvalue weighted by Crippen LogP contribution is -2.54. The zero-order valence-corrected chi connectivity index (χ0v) is 28.5. The maximum atomic E-state index is 13.3. The zero-order valence-electron chi connectivity index (χ0n) is 28.5. The smallest absolute Gasteiger partial charge is 0.311 e. The van der Waals surface area contributed by atoms with E-state index in [4.69, 9.17) is 9.47 Å². The number of aliphatic carboxylic acids is 2. The minimum atomic E-state index is -1.49. The molecule has 2 aliphatic heterocycles. The predicted octanol–water partition coefficient (Wildman–Crippen LogP) is 7.58. The molecular weight excluding hydrogens is 584 g/mol. The summed E-state index contributed by atoms with van der Waals surface area (Å²) in [6, 6.07) is 0. The highest BCUT2D eigenvalue weighted by molar-refractivity contribution is 5.87. The number of fused-ring (bicyclic) bond motifs is 2. The Morgan fingerprint density at radius 1 is 0.652 bits per heavy atom. The molecule has 3 aliphatic rings. The average molecular weight is 635 g/mol. The van der Waals surface area contributed by atoms with E-state index in [1.54, 1.807) is 0 Å². The van der Waals surface area contributed by atoms with Crippen molar-refractivity contribution in [2.45, 2.75) is 119 Å². The molecular formula is C38H50O8. The Kier molecular flexibility index (Phi) is 8.90. The summed E-state index contributed by atoms with van der Waals surface area (Å²) in [4.78, 5) is 26.7. The first kappa shape index (κ1) is 33.7. The Labute approximate surface area is 272 Å². The summed E-state index contributed by atoms with van der Waals surface area (Å²) in [5.74, 6) is -0.107. The lowest BCUT2D eigenvalue weighted by atomic mass is 9.53. The van der Waals surface area contributed by atoms with E-state index in [-0.39, 0.29) is 61.2 Å². The summed E-state index contributed by atoms with van der Waals surface area (Å²) in [6.07, 6.45) is 6.21. The lowest BCUT2D eigenvalue weighted by Gasteiger charge is -2.48. The summed E-state index contributed by atoms with van der Waals surface area (Å²) in [5, 5.41) is 43.3. The molecule has 0 aromatic heterocycles. The fourth-order valence-electron chi connectivity index (χ4n) is 8.55. The number of rotatable bonds is 8. The molecule has 8 heteroatoms. The van der Waals surface area contributed by atoms with Gasteiger partial charge in [0.15, 0.2) is 0 Å². The van der Waals surface area contributed by atoms with Gasteiger partial charge in [0, 0.05) is 11.1 Å². The fraction of sp³-hybridized carbons (Fsp3) is 0.579. The summed E-state index contributed by atoms with van der Waals surface area (Å²) >= 11 is 0. The van der Waals surface area contributed by atoms with Crippen LogP contribution in [0, 0.1) is 64.2 Å². The third-order valence-electron chi connectivity index (χ3n) is 12.3. The van der Waals surface area contributed by atoms with Crippen molar-refractivity contribution in [3.8, 4) is 23.0 Å². The summed E-state index contributed by atoms with van der Waals surface area (Å²) in [6.45, 7) is 15.4. The van der Waals surface area contributed by atoms with Gasteiger partial charge >= 0.3 is 11.9 Å². The van der Waals surface area contributed by atoms with Crippen molar-refractivity contribution in [3.63, 3.8) is 0 Å². The largest absolute Gasteiger partial charge is 0.507 e. The molecule has 46 heavy (non-hydrogen) atoms. The molecule has 6 atom stereocenters. The number of allylic oxidation sites excluding steroid dienone is 2. The third-order valence-corrected chi connectivity index (χ3v) is 12.3. The van der Waals surface area contributed by atoms with Gasteiger partial charge in [-0.1, -0.05) is 12.2 Å². The first-order valence-corrected chi connectivity index (χ1v) is 16.7.